The summed E-state index contributed by atoms with van der Waals surface area (Å²) in [5.41, 5.74) is 0.233. The highest BCUT2D eigenvalue weighted by atomic mass is 35.5. The number of hydrogen-bond acceptors (Lipinski definition) is 3. The van der Waals surface area contributed by atoms with Gasteiger partial charge in [-0.15, -0.1) is 0 Å². The minimum Gasteiger partial charge on any atom is -0.481 e. The highest BCUT2D eigenvalue weighted by molar-refractivity contribution is 6.30. The molecule has 6 heteroatoms. The fourth-order valence-electron chi connectivity index (χ4n) is 2.58. The Morgan fingerprint density at radius 3 is 2.42 bits per heavy atom. The summed E-state index contributed by atoms with van der Waals surface area (Å²) in [6.07, 6.45) is 0.0918. The molecule has 0 saturated carbocycles. The molecular formula is C18H26ClNO4. The van der Waals surface area contributed by atoms with Crippen LogP contribution in [0.4, 0.5) is 4.79 Å². The van der Waals surface area contributed by atoms with Gasteiger partial charge in [-0.2, -0.15) is 0 Å². The Bertz CT molecular complexity index is 583. The molecular weight excluding hydrogens is 330 g/mol. The van der Waals surface area contributed by atoms with Crippen LogP contribution in [0.1, 0.15) is 45.6 Å². The number of aliphatic carboxylic acids is 1. The normalized spacial score (nSPS) is 13.9. The van der Waals surface area contributed by atoms with Crippen molar-refractivity contribution in [3.8, 4) is 0 Å². The Hall–Kier alpha value is -1.75. The van der Waals surface area contributed by atoms with Crippen molar-refractivity contribution in [2.24, 2.45) is 5.92 Å². The largest absolute Gasteiger partial charge is 0.481 e. The van der Waals surface area contributed by atoms with E-state index in [-0.39, 0.29) is 12.5 Å². The molecule has 0 heterocycles. The smallest absolute Gasteiger partial charge is 0.410 e. The first-order chi connectivity index (χ1) is 11.0. The fraction of sp³-hybridized carbons (Fsp3) is 0.556. The summed E-state index contributed by atoms with van der Waals surface area (Å²) in [6.45, 7) is 7.31. The first-order valence-electron chi connectivity index (χ1n) is 7.97. The minimum atomic E-state index is -0.947. The van der Waals surface area contributed by atoms with Crippen molar-refractivity contribution in [1.82, 2.24) is 4.90 Å². The molecule has 0 aliphatic carbocycles. The Kier molecular flexibility index (Phi) is 7.08. The number of amides is 1. The van der Waals surface area contributed by atoms with E-state index in [2.05, 4.69) is 0 Å². The quantitative estimate of drug-likeness (QED) is 0.821. The lowest BCUT2D eigenvalue weighted by Gasteiger charge is -2.29. The summed E-state index contributed by atoms with van der Waals surface area (Å²) in [5, 5.41) is 10.2. The van der Waals surface area contributed by atoms with Crippen LogP contribution in [0.3, 0.4) is 0 Å². The van der Waals surface area contributed by atoms with Gasteiger partial charge in [0.2, 0.25) is 0 Å². The third kappa shape index (κ3) is 6.04. The van der Waals surface area contributed by atoms with Crippen molar-refractivity contribution in [2.45, 2.75) is 45.6 Å². The molecule has 0 saturated heterocycles. The summed E-state index contributed by atoms with van der Waals surface area (Å²) < 4.78 is 5.29. The van der Waals surface area contributed by atoms with E-state index in [1.165, 1.54) is 4.90 Å². The van der Waals surface area contributed by atoms with Gasteiger partial charge in [-0.05, 0) is 50.8 Å². The number of ether oxygens (including phenoxy) is 1. The second-order valence-corrected chi connectivity index (χ2v) is 7.31. The van der Waals surface area contributed by atoms with Gasteiger partial charge in [0.05, 0.1) is 5.92 Å². The van der Waals surface area contributed by atoms with Gasteiger partial charge in [0.1, 0.15) is 5.60 Å². The Balaban J connectivity index is 2.96. The number of carboxylic acids is 1. The standard InChI is InChI=1S/C18H26ClNO4/c1-6-14(12-8-7-9-13(19)10-12)15(16(21)22)11-20(5)17(23)24-18(2,3)4/h7-10,14-15H,6,11H2,1-5H3,(H,21,22). The zero-order chi connectivity index (χ0) is 18.5. The molecule has 5 nitrogen and oxygen atoms in total. The van der Waals surface area contributed by atoms with Crippen molar-refractivity contribution in [2.75, 3.05) is 13.6 Å². The molecule has 1 aromatic rings. The van der Waals surface area contributed by atoms with Crippen molar-refractivity contribution in [1.29, 1.82) is 0 Å². The average molecular weight is 356 g/mol. The molecule has 24 heavy (non-hydrogen) atoms. The number of nitrogens with zero attached hydrogens (tertiary/aromatic N) is 1. The number of hydrogen-bond donors (Lipinski definition) is 1. The summed E-state index contributed by atoms with van der Waals surface area (Å²) in [6, 6.07) is 7.19. The van der Waals surface area contributed by atoms with E-state index in [4.69, 9.17) is 16.3 Å². The maximum absolute atomic E-state index is 12.1. The van der Waals surface area contributed by atoms with Crippen molar-refractivity contribution < 1.29 is 19.4 Å². The molecule has 0 aliphatic rings. The Morgan fingerprint density at radius 2 is 1.96 bits per heavy atom. The van der Waals surface area contributed by atoms with Gasteiger partial charge in [0, 0.05) is 18.6 Å². The van der Waals surface area contributed by atoms with Crippen LogP contribution in [0.5, 0.6) is 0 Å². The maximum Gasteiger partial charge on any atom is 0.410 e. The average Bonchev–Trinajstić information content (AvgIpc) is 2.44. The van der Waals surface area contributed by atoms with Crippen molar-refractivity contribution >= 4 is 23.7 Å². The monoisotopic (exact) mass is 355 g/mol. The predicted octanol–water partition coefficient (Wildman–Crippen LogP) is 4.40. The molecule has 1 amide bonds. The molecule has 0 fully saturated rings. The van der Waals surface area contributed by atoms with Crippen LogP contribution < -0.4 is 0 Å². The second kappa shape index (κ2) is 8.38. The molecule has 1 N–H and O–H groups in total. The van der Waals surface area contributed by atoms with Gasteiger partial charge in [-0.1, -0.05) is 30.7 Å². The zero-order valence-electron chi connectivity index (χ0n) is 14.9. The number of benzene rings is 1. The summed E-state index contributed by atoms with van der Waals surface area (Å²) in [7, 11) is 1.55. The summed E-state index contributed by atoms with van der Waals surface area (Å²) in [4.78, 5) is 25.2. The lowest BCUT2D eigenvalue weighted by atomic mass is 9.83. The first kappa shape index (κ1) is 20.3. The lowest BCUT2D eigenvalue weighted by molar-refractivity contribution is -0.143. The minimum absolute atomic E-state index is 0.0647. The van der Waals surface area contributed by atoms with Crippen LogP contribution in [0, 0.1) is 5.92 Å². The maximum atomic E-state index is 12.1. The van der Waals surface area contributed by atoms with Crippen molar-refractivity contribution in [3.63, 3.8) is 0 Å². The molecule has 0 aliphatic heterocycles. The molecule has 2 atom stereocenters. The Morgan fingerprint density at radius 1 is 1.33 bits per heavy atom. The second-order valence-electron chi connectivity index (χ2n) is 6.88. The first-order valence-corrected chi connectivity index (χ1v) is 8.35. The van der Waals surface area contributed by atoms with Gasteiger partial charge in [-0.25, -0.2) is 4.79 Å². The molecule has 0 radical (unpaired) electrons. The SMILES string of the molecule is CCC(c1cccc(Cl)c1)C(CN(C)C(=O)OC(C)(C)C)C(=O)O. The topological polar surface area (TPSA) is 66.8 Å². The summed E-state index contributed by atoms with van der Waals surface area (Å²) in [5.74, 6) is -1.94. The van der Waals surface area contributed by atoms with Crippen molar-refractivity contribution in [3.05, 3.63) is 34.9 Å². The third-order valence-corrected chi connectivity index (χ3v) is 3.93. The van der Waals surface area contributed by atoms with Crippen LogP contribution in [0.2, 0.25) is 5.02 Å². The highest BCUT2D eigenvalue weighted by Crippen LogP contribution is 2.31. The zero-order valence-corrected chi connectivity index (χ0v) is 15.6. The highest BCUT2D eigenvalue weighted by Gasteiger charge is 2.32. The van der Waals surface area contributed by atoms with Crippen LogP contribution in [0.15, 0.2) is 24.3 Å². The van der Waals surface area contributed by atoms with Crippen LogP contribution in [-0.4, -0.2) is 41.3 Å². The number of carbonyl (C=O) groups excluding carboxylic acids is 1. The van der Waals surface area contributed by atoms with E-state index in [0.29, 0.717) is 11.4 Å². The van der Waals surface area contributed by atoms with E-state index < -0.39 is 23.6 Å². The number of halogens is 1. The molecule has 134 valence electrons. The van der Waals surface area contributed by atoms with E-state index in [1.54, 1.807) is 46.0 Å². The number of rotatable bonds is 6. The van der Waals surface area contributed by atoms with E-state index in [1.807, 2.05) is 13.0 Å². The van der Waals surface area contributed by atoms with Crippen LogP contribution in [-0.2, 0) is 9.53 Å². The number of carboxylic acid groups (broad SMARTS) is 1. The van der Waals surface area contributed by atoms with Crippen LogP contribution >= 0.6 is 11.6 Å². The van der Waals surface area contributed by atoms with Crippen LogP contribution in [0.25, 0.3) is 0 Å². The van der Waals surface area contributed by atoms with Gasteiger partial charge in [0.25, 0.3) is 0 Å². The molecule has 0 spiro atoms. The fourth-order valence-corrected chi connectivity index (χ4v) is 2.78. The van der Waals surface area contributed by atoms with Gasteiger partial charge in [0.15, 0.2) is 0 Å². The third-order valence-electron chi connectivity index (χ3n) is 3.70. The van der Waals surface area contributed by atoms with Gasteiger partial charge < -0.3 is 14.7 Å². The van der Waals surface area contributed by atoms with Gasteiger partial charge >= 0.3 is 12.1 Å². The van der Waals surface area contributed by atoms with E-state index >= 15 is 0 Å². The van der Waals surface area contributed by atoms with Gasteiger partial charge in [-0.3, -0.25) is 4.79 Å². The van der Waals surface area contributed by atoms with E-state index in [0.717, 1.165) is 5.56 Å². The molecule has 0 aromatic heterocycles. The Labute approximate surface area is 148 Å². The lowest BCUT2D eigenvalue weighted by Crippen LogP contribution is -2.40. The molecule has 1 rings (SSSR count). The molecule has 2 unspecified atom stereocenters. The van der Waals surface area contributed by atoms with E-state index in [9.17, 15) is 14.7 Å². The molecule has 1 aromatic carbocycles. The summed E-state index contributed by atoms with van der Waals surface area (Å²) >= 11 is 6.03. The molecule has 0 bridgehead atoms. The predicted molar refractivity (Wildman–Crippen MR) is 94.5 cm³/mol. The number of carbonyl (C=O) groups is 2.